The van der Waals surface area contributed by atoms with Gasteiger partial charge in [-0.3, -0.25) is 0 Å². The maximum Gasteiger partial charge on any atom is 0.135 e. The zero-order valence-electron chi connectivity index (χ0n) is 7.27. The number of rotatable bonds is 3. The predicted molar refractivity (Wildman–Crippen MR) is 56.6 cm³/mol. The van der Waals surface area contributed by atoms with Crippen molar-refractivity contribution >= 4 is 22.9 Å². The summed E-state index contributed by atoms with van der Waals surface area (Å²) in [5.41, 5.74) is 0. The number of aliphatic hydroxyl groups excluding tert-OH is 1. The molecule has 74 valence electrons. The fourth-order valence-corrected chi connectivity index (χ4v) is 2.33. The number of H-pyrrole nitrogens is 1. The summed E-state index contributed by atoms with van der Waals surface area (Å²) in [6, 6.07) is 3.75. The van der Waals surface area contributed by atoms with Gasteiger partial charge in [-0.1, -0.05) is 11.6 Å². The van der Waals surface area contributed by atoms with Crippen LogP contribution in [0.5, 0.6) is 0 Å². The summed E-state index contributed by atoms with van der Waals surface area (Å²) in [4.78, 5) is 7.91. The summed E-state index contributed by atoms with van der Waals surface area (Å²) >= 11 is 7.26. The summed E-state index contributed by atoms with van der Waals surface area (Å²) in [5, 5.41) is 9.74. The maximum atomic E-state index is 9.74. The lowest BCUT2D eigenvalue weighted by molar-refractivity contribution is 0.170. The van der Waals surface area contributed by atoms with Crippen LogP contribution in [0.1, 0.15) is 16.8 Å². The molecule has 5 heteroatoms. The fourth-order valence-electron chi connectivity index (χ4n) is 1.21. The van der Waals surface area contributed by atoms with Gasteiger partial charge in [-0.15, -0.1) is 11.3 Å². The molecule has 0 saturated carbocycles. The number of hydrogen-bond acceptors (Lipinski definition) is 3. The maximum absolute atomic E-state index is 9.74. The quantitative estimate of drug-likeness (QED) is 0.848. The van der Waals surface area contributed by atoms with Crippen LogP contribution in [0.15, 0.2) is 24.5 Å². The number of hydrogen-bond donors (Lipinski definition) is 2. The highest BCUT2D eigenvalue weighted by molar-refractivity contribution is 7.16. The third-order valence-corrected chi connectivity index (χ3v) is 3.11. The van der Waals surface area contributed by atoms with E-state index in [4.69, 9.17) is 11.6 Å². The van der Waals surface area contributed by atoms with E-state index in [-0.39, 0.29) is 0 Å². The Kier molecular flexibility index (Phi) is 2.86. The summed E-state index contributed by atoms with van der Waals surface area (Å²) in [6.07, 6.45) is 3.28. The highest BCUT2D eigenvalue weighted by Crippen LogP contribution is 2.25. The van der Waals surface area contributed by atoms with E-state index in [1.807, 2.05) is 12.1 Å². The third kappa shape index (κ3) is 2.15. The Labute approximate surface area is 90.4 Å². The summed E-state index contributed by atoms with van der Waals surface area (Å²) in [5.74, 6) is 0.592. The molecule has 0 fully saturated rings. The van der Waals surface area contributed by atoms with Crippen molar-refractivity contribution in [2.45, 2.75) is 12.5 Å². The van der Waals surface area contributed by atoms with Crippen molar-refractivity contribution in [2.75, 3.05) is 0 Å². The van der Waals surface area contributed by atoms with Crippen LogP contribution in [-0.4, -0.2) is 15.1 Å². The van der Waals surface area contributed by atoms with Crippen molar-refractivity contribution in [1.82, 2.24) is 9.97 Å². The predicted octanol–water partition coefficient (Wildman–Crippen LogP) is 2.40. The van der Waals surface area contributed by atoms with E-state index in [0.717, 1.165) is 9.21 Å². The average Bonchev–Trinajstić information content (AvgIpc) is 2.75. The third-order valence-electron chi connectivity index (χ3n) is 1.86. The van der Waals surface area contributed by atoms with Crippen molar-refractivity contribution in [3.63, 3.8) is 0 Å². The van der Waals surface area contributed by atoms with Crippen LogP contribution in [0.3, 0.4) is 0 Å². The second-order valence-electron chi connectivity index (χ2n) is 2.90. The number of aromatic nitrogens is 2. The van der Waals surface area contributed by atoms with Gasteiger partial charge in [0.2, 0.25) is 0 Å². The molecule has 0 aliphatic carbocycles. The van der Waals surface area contributed by atoms with Gasteiger partial charge >= 0.3 is 0 Å². The molecule has 1 unspecified atom stereocenters. The van der Waals surface area contributed by atoms with E-state index in [2.05, 4.69) is 9.97 Å². The molecule has 2 aromatic heterocycles. The number of nitrogens with zero attached hydrogens (tertiary/aromatic N) is 1. The van der Waals surface area contributed by atoms with E-state index in [0.29, 0.717) is 12.2 Å². The molecular formula is C9H9ClN2OS. The number of thiophene rings is 1. The van der Waals surface area contributed by atoms with Crippen molar-refractivity contribution in [1.29, 1.82) is 0 Å². The Hall–Kier alpha value is -0.840. The van der Waals surface area contributed by atoms with Crippen LogP contribution in [0.25, 0.3) is 0 Å². The number of imidazole rings is 1. The van der Waals surface area contributed by atoms with Crippen molar-refractivity contribution in [3.05, 3.63) is 39.6 Å². The summed E-state index contributed by atoms with van der Waals surface area (Å²) in [7, 11) is 0. The molecule has 1 atom stereocenters. The SMILES string of the molecule is OC(Cc1ccc(Cl)s1)c1ncc[nH]1. The lowest BCUT2D eigenvalue weighted by Gasteiger charge is -2.04. The van der Waals surface area contributed by atoms with Crippen molar-refractivity contribution < 1.29 is 5.11 Å². The van der Waals surface area contributed by atoms with Crippen LogP contribution in [0.2, 0.25) is 4.34 Å². The molecule has 2 aromatic rings. The first-order chi connectivity index (χ1) is 6.75. The van der Waals surface area contributed by atoms with Crippen LogP contribution in [0, 0.1) is 0 Å². The van der Waals surface area contributed by atoms with Gasteiger partial charge in [0.25, 0.3) is 0 Å². The Bertz CT molecular complexity index is 399. The van der Waals surface area contributed by atoms with Gasteiger partial charge in [-0.2, -0.15) is 0 Å². The summed E-state index contributed by atoms with van der Waals surface area (Å²) < 4.78 is 0.742. The number of halogens is 1. The molecule has 0 amide bonds. The fraction of sp³-hybridized carbons (Fsp3) is 0.222. The minimum atomic E-state index is -0.584. The Balaban J connectivity index is 2.05. The smallest absolute Gasteiger partial charge is 0.135 e. The number of aromatic amines is 1. The van der Waals surface area contributed by atoms with E-state index in [9.17, 15) is 5.11 Å². The molecular weight excluding hydrogens is 220 g/mol. The van der Waals surface area contributed by atoms with E-state index < -0.39 is 6.10 Å². The Morgan fingerprint density at radius 3 is 3.00 bits per heavy atom. The van der Waals surface area contributed by atoms with Gasteiger partial charge in [-0.25, -0.2) is 4.98 Å². The first kappa shape index (κ1) is 9.71. The van der Waals surface area contributed by atoms with Crippen LogP contribution >= 0.6 is 22.9 Å². The average molecular weight is 229 g/mol. The minimum Gasteiger partial charge on any atom is -0.385 e. The lowest BCUT2D eigenvalue weighted by Crippen LogP contribution is -2.02. The van der Waals surface area contributed by atoms with Crippen LogP contribution in [-0.2, 0) is 6.42 Å². The largest absolute Gasteiger partial charge is 0.385 e. The monoisotopic (exact) mass is 228 g/mol. The molecule has 14 heavy (non-hydrogen) atoms. The zero-order valence-corrected chi connectivity index (χ0v) is 8.85. The standard InChI is InChI=1S/C9H9ClN2OS/c10-8-2-1-6(14-8)5-7(13)9-11-3-4-12-9/h1-4,7,13H,5H2,(H,11,12). The number of nitrogens with one attached hydrogen (secondary N) is 1. The molecule has 2 heterocycles. The molecule has 2 rings (SSSR count). The van der Waals surface area contributed by atoms with Gasteiger partial charge < -0.3 is 10.1 Å². The summed E-state index contributed by atoms with van der Waals surface area (Å²) in [6.45, 7) is 0. The normalized spacial score (nSPS) is 13.0. The van der Waals surface area contributed by atoms with Gasteiger partial charge in [-0.05, 0) is 12.1 Å². The minimum absolute atomic E-state index is 0.547. The second-order valence-corrected chi connectivity index (χ2v) is 4.70. The van der Waals surface area contributed by atoms with Gasteiger partial charge in [0.1, 0.15) is 11.9 Å². The van der Waals surface area contributed by atoms with Crippen LogP contribution in [0.4, 0.5) is 0 Å². The Morgan fingerprint density at radius 1 is 1.57 bits per heavy atom. The molecule has 2 N–H and O–H groups in total. The molecule has 0 aliphatic rings. The van der Waals surface area contributed by atoms with Gasteiger partial charge in [0, 0.05) is 23.7 Å². The Morgan fingerprint density at radius 2 is 2.43 bits per heavy atom. The van der Waals surface area contributed by atoms with Crippen LogP contribution < -0.4 is 0 Å². The highest BCUT2D eigenvalue weighted by atomic mass is 35.5. The molecule has 0 spiro atoms. The molecule has 0 saturated heterocycles. The van der Waals surface area contributed by atoms with E-state index in [1.165, 1.54) is 11.3 Å². The first-order valence-corrected chi connectivity index (χ1v) is 5.36. The number of aliphatic hydroxyl groups is 1. The molecule has 0 radical (unpaired) electrons. The van der Waals surface area contributed by atoms with E-state index in [1.54, 1.807) is 12.4 Å². The van der Waals surface area contributed by atoms with Gasteiger partial charge in [0.15, 0.2) is 0 Å². The van der Waals surface area contributed by atoms with Crippen molar-refractivity contribution in [3.8, 4) is 0 Å². The van der Waals surface area contributed by atoms with Crippen molar-refractivity contribution in [2.24, 2.45) is 0 Å². The van der Waals surface area contributed by atoms with Gasteiger partial charge in [0.05, 0.1) is 4.34 Å². The van der Waals surface area contributed by atoms with E-state index >= 15 is 0 Å². The second kappa shape index (κ2) is 4.13. The highest BCUT2D eigenvalue weighted by Gasteiger charge is 2.11. The molecule has 0 bridgehead atoms. The zero-order chi connectivity index (χ0) is 9.97. The topological polar surface area (TPSA) is 48.9 Å². The lowest BCUT2D eigenvalue weighted by atomic mass is 10.2. The first-order valence-electron chi connectivity index (χ1n) is 4.17. The molecule has 3 nitrogen and oxygen atoms in total. The molecule has 0 aromatic carbocycles. The molecule has 0 aliphatic heterocycles.